The van der Waals surface area contributed by atoms with Crippen LogP contribution in [0.15, 0.2) is 23.1 Å². The molecule has 0 radical (unpaired) electrons. The second-order valence-corrected chi connectivity index (χ2v) is 5.91. The molecule has 1 aromatic carbocycles. The molecule has 0 fully saturated rings. The summed E-state index contributed by atoms with van der Waals surface area (Å²) in [5.41, 5.74) is 1.70. The molecule has 0 aliphatic heterocycles. The molecule has 18 heavy (non-hydrogen) atoms. The first-order chi connectivity index (χ1) is 8.51. The second-order valence-electron chi connectivity index (χ2n) is 3.80. The number of aliphatic hydroxyl groups is 1. The monoisotopic (exact) mass is 267 g/mol. The predicted octanol–water partition coefficient (Wildman–Crippen LogP) is 1.20. The van der Waals surface area contributed by atoms with Crippen molar-refractivity contribution < 1.29 is 13.5 Å². The molecule has 1 aromatic rings. The summed E-state index contributed by atoms with van der Waals surface area (Å²) in [6.45, 7) is 3.76. The molecule has 98 valence electrons. The quantitative estimate of drug-likeness (QED) is 0.787. The Kier molecular flexibility index (Phi) is 5.20. The van der Waals surface area contributed by atoms with E-state index in [1.54, 1.807) is 25.1 Å². The zero-order chi connectivity index (χ0) is 13.6. The molecule has 0 aliphatic rings. The first-order valence-corrected chi connectivity index (χ1v) is 7.24. The van der Waals surface area contributed by atoms with Crippen LogP contribution in [0.2, 0.25) is 0 Å². The van der Waals surface area contributed by atoms with E-state index in [0.717, 1.165) is 11.3 Å². The minimum atomic E-state index is -3.38. The van der Waals surface area contributed by atoms with E-state index in [1.165, 1.54) is 0 Å². The van der Waals surface area contributed by atoms with Gasteiger partial charge in [-0.05, 0) is 37.6 Å². The summed E-state index contributed by atoms with van der Waals surface area (Å²) in [5, 5.41) is 11.8. The van der Waals surface area contributed by atoms with Crippen molar-refractivity contribution in [1.82, 2.24) is 0 Å². The van der Waals surface area contributed by atoms with Crippen LogP contribution in [0.4, 0.5) is 5.69 Å². The van der Waals surface area contributed by atoms with Crippen molar-refractivity contribution in [3.8, 4) is 11.8 Å². The normalized spacial score (nSPS) is 10.6. The third kappa shape index (κ3) is 3.76. The highest BCUT2D eigenvalue weighted by Gasteiger charge is 2.14. The maximum absolute atomic E-state index is 11.8. The minimum Gasteiger partial charge on any atom is -0.395 e. The van der Waals surface area contributed by atoms with Crippen molar-refractivity contribution in [2.75, 3.05) is 24.2 Å². The van der Waals surface area contributed by atoms with Gasteiger partial charge in [0.2, 0.25) is 0 Å². The van der Waals surface area contributed by atoms with Crippen molar-refractivity contribution in [3.05, 3.63) is 23.8 Å². The van der Waals surface area contributed by atoms with Crippen LogP contribution < -0.4 is 5.32 Å². The van der Waals surface area contributed by atoms with Gasteiger partial charge in [0, 0.05) is 5.69 Å². The number of benzene rings is 1. The van der Waals surface area contributed by atoms with Gasteiger partial charge >= 0.3 is 0 Å². The standard InChI is InChI=1S/C13H17NO3S/c1-3-4-7-14-13-6-5-12(10-11(13)2)18(16,17)9-8-15/h5-6,10,14-15H,7-9H2,1-2H3. The van der Waals surface area contributed by atoms with Crippen molar-refractivity contribution >= 4 is 15.5 Å². The summed E-state index contributed by atoms with van der Waals surface area (Å²) in [7, 11) is -3.38. The predicted molar refractivity (Wildman–Crippen MR) is 72.3 cm³/mol. The number of anilines is 1. The highest BCUT2D eigenvalue weighted by atomic mass is 32.2. The summed E-state index contributed by atoms with van der Waals surface area (Å²) in [6.07, 6.45) is 0. The van der Waals surface area contributed by atoms with E-state index in [4.69, 9.17) is 5.11 Å². The van der Waals surface area contributed by atoms with Gasteiger partial charge in [-0.1, -0.05) is 5.92 Å². The van der Waals surface area contributed by atoms with Gasteiger partial charge in [-0.15, -0.1) is 5.92 Å². The lowest BCUT2D eigenvalue weighted by atomic mass is 10.2. The minimum absolute atomic E-state index is 0.237. The summed E-state index contributed by atoms with van der Waals surface area (Å²) >= 11 is 0. The lowest BCUT2D eigenvalue weighted by Crippen LogP contribution is -2.10. The van der Waals surface area contributed by atoms with E-state index in [-0.39, 0.29) is 17.3 Å². The van der Waals surface area contributed by atoms with Gasteiger partial charge in [-0.25, -0.2) is 8.42 Å². The SMILES string of the molecule is CC#CCNc1ccc(S(=O)(=O)CCO)cc1C. The van der Waals surface area contributed by atoms with Gasteiger partial charge in [0.05, 0.1) is 23.8 Å². The number of hydrogen-bond acceptors (Lipinski definition) is 4. The average molecular weight is 267 g/mol. The Balaban J connectivity index is 2.94. The van der Waals surface area contributed by atoms with Gasteiger partial charge in [0.15, 0.2) is 9.84 Å². The molecule has 0 saturated heterocycles. The molecule has 2 N–H and O–H groups in total. The molecule has 0 amide bonds. The first kappa shape index (κ1) is 14.6. The highest BCUT2D eigenvalue weighted by Crippen LogP contribution is 2.20. The largest absolute Gasteiger partial charge is 0.395 e. The Morgan fingerprint density at radius 2 is 2.11 bits per heavy atom. The molecule has 5 heteroatoms. The number of aliphatic hydroxyl groups excluding tert-OH is 1. The summed E-state index contributed by atoms with van der Waals surface area (Å²) in [5.74, 6) is 5.40. The van der Waals surface area contributed by atoms with Crippen LogP contribution in [-0.2, 0) is 9.84 Å². The fourth-order valence-corrected chi connectivity index (χ4v) is 2.60. The van der Waals surface area contributed by atoms with Crippen molar-refractivity contribution in [3.63, 3.8) is 0 Å². The van der Waals surface area contributed by atoms with E-state index in [0.29, 0.717) is 6.54 Å². The zero-order valence-corrected chi connectivity index (χ0v) is 11.3. The van der Waals surface area contributed by atoms with Gasteiger partial charge in [0.1, 0.15) is 0 Å². The van der Waals surface area contributed by atoms with Gasteiger partial charge in [0.25, 0.3) is 0 Å². The number of nitrogens with one attached hydrogen (secondary N) is 1. The van der Waals surface area contributed by atoms with Crippen LogP contribution in [0.25, 0.3) is 0 Å². The zero-order valence-electron chi connectivity index (χ0n) is 10.5. The molecule has 0 heterocycles. The molecular formula is C13H17NO3S. The first-order valence-electron chi connectivity index (χ1n) is 5.59. The molecule has 1 rings (SSSR count). The third-order valence-electron chi connectivity index (χ3n) is 2.46. The van der Waals surface area contributed by atoms with Crippen LogP contribution in [0.1, 0.15) is 12.5 Å². The van der Waals surface area contributed by atoms with Crippen LogP contribution in [0.3, 0.4) is 0 Å². The number of hydrogen-bond donors (Lipinski definition) is 2. The maximum atomic E-state index is 11.8. The Labute approximate surface area is 108 Å². The lowest BCUT2D eigenvalue weighted by molar-refractivity contribution is 0.319. The molecule has 4 nitrogen and oxygen atoms in total. The van der Waals surface area contributed by atoms with Gasteiger partial charge in [-0.2, -0.15) is 0 Å². The molecule has 0 atom stereocenters. The van der Waals surface area contributed by atoms with Gasteiger partial charge in [-0.3, -0.25) is 0 Å². The molecule has 0 unspecified atom stereocenters. The summed E-state index contributed by atoms with van der Waals surface area (Å²) in [6, 6.07) is 4.86. The van der Waals surface area contributed by atoms with Crippen molar-refractivity contribution in [2.24, 2.45) is 0 Å². The van der Waals surface area contributed by atoms with Crippen LogP contribution in [0, 0.1) is 18.8 Å². The third-order valence-corrected chi connectivity index (χ3v) is 4.15. The molecular weight excluding hydrogens is 250 g/mol. The molecule has 0 aliphatic carbocycles. The lowest BCUT2D eigenvalue weighted by Gasteiger charge is -2.09. The van der Waals surface area contributed by atoms with E-state index >= 15 is 0 Å². The number of sulfone groups is 1. The summed E-state index contributed by atoms with van der Waals surface area (Å²) in [4.78, 5) is 0.237. The van der Waals surface area contributed by atoms with Crippen LogP contribution in [-0.4, -0.2) is 32.4 Å². The Morgan fingerprint density at radius 3 is 2.67 bits per heavy atom. The van der Waals surface area contributed by atoms with Crippen molar-refractivity contribution in [2.45, 2.75) is 18.7 Å². The van der Waals surface area contributed by atoms with E-state index in [1.807, 2.05) is 6.92 Å². The van der Waals surface area contributed by atoms with Crippen LogP contribution >= 0.6 is 0 Å². The topological polar surface area (TPSA) is 66.4 Å². The fourth-order valence-electron chi connectivity index (χ4n) is 1.49. The maximum Gasteiger partial charge on any atom is 0.180 e. The van der Waals surface area contributed by atoms with E-state index < -0.39 is 9.84 Å². The molecule has 0 bridgehead atoms. The number of aryl methyl sites for hydroxylation is 1. The van der Waals surface area contributed by atoms with E-state index in [9.17, 15) is 8.42 Å². The Morgan fingerprint density at radius 1 is 1.39 bits per heavy atom. The van der Waals surface area contributed by atoms with Gasteiger partial charge < -0.3 is 10.4 Å². The Hall–Kier alpha value is -1.51. The molecule has 0 spiro atoms. The fraction of sp³-hybridized carbons (Fsp3) is 0.385. The number of rotatable bonds is 5. The molecule has 0 aromatic heterocycles. The van der Waals surface area contributed by atoms with Crippen molar-refractivity contribution in [1.29, 1.82) is 0 Å². The van der Waals surface area contributed by atoms with Crippen LogP contribution in [0.5, 0.6) is 0 Å². The summed E-state index contributed by atoms with van der Waals surface area (Å²) < 4.78 is 23.5. The highest BCUT2D eigenvalue weighted by molar-refractivity contribution is 7.91. The average Bonchev–Trinajstić information content (AvgIpc) is 2.31. The smallest absolute Gasteiger partial charge is 0.180 e. The second kappa shape index (κ2) is 6.43. The van der Waals surface area contributed by atoms with E-state index in [2.05, 4.69) is 17.2 Å². The Bertz CT molecular complexity index is 568. The molecule has 0 saturated carbocycles.